The number of benzene rings is 2. The van der Waals surface area contributed by atoms with Crippen molar-refractivity contribution in [2.45, 2.75) is 19.4 Å². The molecule has 0 aromatic heterocycles. The number of carbonyl (C=O) groups excluding carboxylic acids is 2. The molecule has 0 radical (unpaired) electrons. The minimum Gasteiger partial charge on any atom is -0.340 e. The minimum absolute atomic E-state index is 0.339. The first-order chi connectivity index (χ1) is 12.4. The van der Waals surface area contributed by atoms with Crippen LogP contribution in [0.25, 0.3) is 0 Å². The summed E-state index contributed by atoms with van der Waals surface area (Å²) in [4.78, 5) is 25.1. The van der Waals surface area contributed by atoms with Crippen molar-refractivity contribution in [2.24, 2.45) is 0 Å². The molecule has 0 heterocycles. The lowest BCUT2D eigenvalue weighted by Gasteiger charge is -2.19. The Labute approximate surface area is 165 Å². The fourth-order valence-electron chi connectivity index (χ4n) is 2.29. The second kappa shape index (κ2) is 9.73. The molecule has 7 heteroatoms. The van der Waals surface area contributed by atoms with Gasteiger partial charge >= 0.3 is 0 Å². The van der Waals surface area contributed by atoms with E-state index in [1.807, 2.05) is 12.3 Å². The largest absolute Gasteiger partial charge is 0.340 e. The van der Waals surface area contributed by atoms with Crippen molar-refractivity contribution in [3.05, 3.63) is 63.9 Å². The van der Waals surface area contributed by atoms with Crippen molar-refractivity contribution in [3.8, 4) is 0 Å². The number of rotatable bonds is 7. The fraction of sp³-hybridized carbons (Fsp3) is 0.263. The third-order valence-electron chi connectivity index (χ3n) is 3.79. The Morgan fingerprint density at radius 2 is 1.96 bits per heavy atom. The van der Waals surface area contributed by atoms with E-state index in [2.05, 4.69) is 26.6 Å². The standard InChI is InChI=1S/C19H20BrFN2O2S/c1-12-7-8-13(11-16(12)21)22-19(25)17(9-10-26-2)23-18(24)14-5-3-4-6-15(14)20/h3-8,11,17H,9-10H2,1-2H3,(H,22,25)(H,23,24). The van der Waals surface area contributed by atoms with Gasteiger partial charge in [-0.05, 0) is 71.1 Å². The molecule has 0 aliphatic carbocycles. The van der Waals surface area contributed by atoms with Crippen LogP contribution < -0.4 is 10.6 Å². The highest BCUT2D eigenvalue weighted by Crippen LogP contribution is 2.17. The van der Waals surface area contributed by atoms with Crippen molar-refractivity contribution < 1.29 is 14.0 Å². The fourth-order valence-corrected chi connectivity index (χ4v) is 3.22. The Balaban J connectivity index is 2.12. The number of carbonyl (C=O) groups is 2. The lowest BCUT2D eigenvalue weighted by molar-refractivity contribution is -0.118. The third-order valence-corrected chi connectivity index (χ3v) is 5.13. The van der Waals surface area contributed by atoms with Gasteiger partial charge in [0.15, 0.2) is 0 Å². The van der Waals surface area contributed by atoms with Gasteiger partial charge in [-0.3, -0.25) is 9.59 Å². The van der Waals surface area contributed by atoms with E-state index in [4.69, 9.17) is 0 Å². The van der Waals surface area contributed by atoms with Crippen LogP contribution in [0.1, 0.15) is 22.3 Å². The molecular formula is C19H20BrFN2O2S. The topological polar surface area (TPSA) is 58.2 Å². The highest BCUT2D eigenvalue weighted by molar-refractivity contribution is 9.10. The van der Waals surface area contributed by atoms with E-state index in [1.54, 1.807) is 49.0 Å². The van der Waals surface area contributed by atoms with Crippen LogP contribution in [0, 0.1) is 12.7 Å². The van der Waals surface area contributed by atoms with Gasteiger partial charge in [-0.25, -0.2) is 4.39 Å². The van der Waals surface area contributed by atoms with Gasteiger partial charge in [-0.15, -0.1) is 0 Å². The molecule has 2 aromatic rings. The maximum Gasteiger partial charge on any atom is 0.253 e. The Hall–Kier alpha value is -1.86. The summed E-state index contributed by atoms with van der Waals surface area (Å²) in [5.41, 5.74) is 1.32. The summed E-state index contributed by atoms with van der Waals surface area (Å²) in [5, 5.41) is 5.44. The number of aryl methyl sites for hydroxylation is 1. The Kier molecular flexibility index (Phi) is 7.66. The number of hydrogen-bond donors (Lipinski definition) is 2. The quantitative estimate of drug-likeness (QED) is 0.673. The molecule has 2 amide bonds. The first-order valence-electron chi connectivity index (χ1n) is 8.03. The normalized spacial score (nSPS) is 11.7. The van der Waals surface area contributed by atoms with E-state index in [1.165, 1.54) is 6.07 Å². The minimum atomic E-state index is -0.716. The smallest absolute Gasteiger partial charge is 0.253 e. The number of hydrogen-bond acceptors (Lipinski definition) is 3. The molecule has 0 aliphatic heterocycles. The third kappa shape index (κ3) is 5.57. The monoisotopic (exact) mass is 438 g/mol. The highest BCUT2D eigenvalue weighted by atomic mass is 79.9. The van der Waals surface area contributed by atoms with Gasteiger partial charge in [-0.1, -0.05) is 18.2 Å². The summed E-state index contributed by atoms with van der Waals surface area (Å²) < 4.78 is 14.3. The van der Waals surface area contributed by atoms with Gasteiger partial charge in [0.1, 0.15) is 11.9 Å². The molecule has 2 rings (SSSR count). The summed E-state index contributed by atoms with van der Waals surface area (Å²) in [6.45, 7) is 1.65. The molecule has 2 aromatic carbocycles. The Morgan fingerprint density at radius 3 is 2.62 bits per heavy atom. The second-order valence-corrected chi connectivity index (χ2v) is 7.58. The predicted molar refractivity (Wildman–Crippen MR) is 108 cm³/mol. The van der Waals surface area contributed by atoms with Crippen molar-refractivity contribution >= 4 is 45.2 Å². The number of halogens is 2. The molecule has 2 N–H and O–H groups in total. The zero-order valence-corrected chi connectivity index (χ0v) is 16.9. The molecule has 0 saturated heterocycles. The van der Waals surface area contributed by atoms with Gasteiger partial charge < -0.3 is 10.6 Å². The van der Waals surface area contributed by atoms with E-state index in [0.29, 0.717) is 33.5 Å². The summed E-state index contributed by atoms with van der Waals surface area (Å²) in [6.07, 6.45) is 2.40. The molecule has 0 aliphatic rings. The Bertz CT molecular complexity index is 801. The summed E-state index contributed by atoms with van der Waals surface area (Å²) >= 11 is 4.92. The van der Waals surface area contributed by atoms with Crippen molar-refractivity contribution in [1.82, 2.24) is 5.32 Å². The van der Waals surface area contributed by atoms with E-state index in [0.717, 1.165) is 0 Å². The van der Waals surface area contributed by atoms with Crippen LogP contribution in [0.2, 0.25) is 0 Å². The molecule has 0 spiro atoms. The van der Waals surface area contributed by atoms with Crippen LogP contribution in [-0.2, 0) is 4.79 Å². The van der Waals surface area contributed by atoms with Crippen molar-refractivity contribution in [2.75, 3.05) is 17.3 Å². The van der Waals surface area contributed by atoms with Crippen LogP contribution in [0.5, 0.6) is 0 Å². The average molecular weight is 439 g/mol. The van der Waals surface area contributed by atoms with Gasteiger partial charge in [-0.2, -0.15) is 11.8 Å². The molecule has 1 atom stereocenters. The highest BCUT2D eigenvalue weighted by Gasteiger charge is 2.22. The van der Waals surface area contributed by atoms with Gasteiger partial charge in [0.2, 0.25) is 5.91 Å². The van der Waals surface area contributed by atoms with E-state index in [9.17, 15) is 14.0 Å². The lowest BCUT2D eigenvalue weighted by Crippen LogP contribution is -2.44. The molecular weight excluding hydrogens is 419 g/mol. The molecule has 138 valence electrons. The lowest BCUT2D eigenvalue weighted by atomic mass is 10.1. The molecule has 0 bridgehead atoms. The molecule has 26 heavy (non-hydrogen) atoms. The number of amides is 2. The van der Waals surface area contributed by atoms with E-state index in [-0.39, 0.29) is 17.6 Å². The first-order valence-corrected chi connectivity index (χ1v) is 10.2. The molecule has 1 unspecified atom stereocenters. The van der Waals surface area contributed by atoms with Gasteiger partial charge in [0.25, 0.3) is 5.91 Å². The maximum atomic E-state index is 13.7. The van der Waals surface area contributed by atoms with E-state index < -0.39 is 6.04 Å². The second-order valence-electron chi connectivity index (χ2n) is 5.74. The van der Waals surface area contributed by atoms with Crippen LogP contribution in [-0.4, -0.2) is 29.9 Å². The zero-order valence-electron chi connectivity index (χ0n) is 14.5. The molecule has 0 fully saturated rings. The van der Waals surface area contributed by atoms with Crippen LogP contribution in [0.3, 0.4) is 0 Å². The number of nitrogens with one attached hydrogen (secondary N) is 2. The van der Waals surface area contributed by atoms with Crippen LogP contribution in [0.4, 0.5) is 10.1 Å². The number of thioether (sulfide) groups is 1. The first kappa shape index (κ1) is 20.5. The average Bonchev–Trinajstić information content (AvgIpc) is 2.61. The Morgan fingerprint density at radius 1 is 1.23 bits per heavy atom. The van der Waals surface area contributed by atoms with Gasteiger partial charge in [0, 0.05) is 10.2 Å². The SMILES string of the molecule is CSCCC(NC(=O)c1ccccc1Br)C(=O)Nc1ccc(C)c(F)c1. The summed E-state index contributed by atoms with van der Waals surface area (Å²) in [5.74, 6) is -0.395. The van der Waals surface area contributed by atoms with E-state index >= 15 is 0 Å². The predicted octanol–water partition coefficient (Wildman–Crippen LogP) is 4.39. The molecule has 4 nitrogen and oxygen atoms in total. The van der Waals surface area contributed by atoms with Crippen molar-refractivity contribution in [1.29, 1.82) is 0 Å². The van der Waals surface area contributed by atoms with Gasteiger partial charge in [0.05, 0.1) is 5.56 Å². The molecule has 0 saturated carbocycles. The maximum absolute atomic E-state index is 13.7. The van der Waals surface area contributed by atoms with Crippen LogP contribution in [0.15, 0.2) is 46.9 Å². The summed E-state index contributed by atoms with van der Waals surface area (Å²) in [6, 6.07) is 10.8. The number of anilines is 1. The summed E-state index contributed by atoms with van der Waals surface area (Å²) in [7, 11) is 0. The zero-order chi connectivity index (χ0) is 19.1. The van der Waals surface area contributed by atoms with Crippen LogP contribution >= 0.6 is 27.7 Å². The van der Waals surface area contributed by atoms with Crippen molar-refractivity contribution in [3.63, 3.8) is 0 Å².